The Morgan fingerprint density at radius 3 is 2.72 bits per heavy atom. The zero-order valence-electron chi connectivity index (χ0n) is 21.4. The molecule has 2 saturated heterocycles. The van der Waals surface area contributed by atoms with E-state index in [0.717, 1.165) is 49.4 Å². The van der Waals surface area contributed by atoms with E-state index < -0.39 is 0 Å². The summed E-state index contributed by atoms with van der Waals surface area (Å²) in [6, 6.07) is 18.8. The van der Waals surface area contributed by atoms with Gasteiger partial charge in [0.2, 0.25) is 0 Å². The lowest BCUT2D eigenvalue weighted by Crippen LogP contribution is -2.34. The second kappa shape index (κ2) is 11.6. The van der Waals surface area contributed by atoms with Crippen molar-refractivity contribution >= 4 is 17.2 Å². The number of nitrogens with one attached hydrogen (secondary N) is 2. The van der Waals surface area contributed by atoms with Crippen LogP contribution in [0.15, 0.2) is 54.6 Å². The van der Waals surface area contributed by atoms with Gasteiger partial charge in [-0.25, -0.2) is 0 Å². The first-order chi connectivity index (χ1) is 17.5. The number of benzene rings is 2. The number of nitrogens with zero attached hydrogens (tertiary/aromatic N) is 1. The quantitative estimate of drug-likeness (QED) is 0.399. The minimum atomic E-state index is -0.102. The van der Waals surface area contributed by atoms with Gasteiger partial charge in [-0.3, -0.25) is 9.69 Å². The first kappa shape index (κ1) is 25.0. The molecule has 1 atom stereocenters. The highest BCUT2D eigenvalue weighted by Gasteiger charge is 2.18. The number of piperidine rings is 1. The molecule has 0 saturated carbocycles. The van der Waals surface area contributed by atoms with E-state index in [0.29, 0.717) is 5.56 Å². The van der Waals surface area contributed by atoms with Crippen molar-refractivity contribution in [1.29, 1.82) is 0 Å². The first-order valence-corrected chi connectivity index (χ1v) is 14.1. The maximum atomic E-state index is 13.2. The van der Waals surface area contributed by atoms with Gasteiger partial charge in [0.15, 0.2) is 0 Å². The van der Waals surface area contributed by atoms with Crippen LogP contribution < -0.4 is 15.4 Å². The van der Waals surface area contributed by atoms with Crippen LogP contribution in [0.3, 0.4) is 0 Å². The summed E-state index contributed by atoms with van der Waals surface area (Å²) >= 11 is 1.87. The topological polar surface area (TPSA) is 53.6 Å². The van der Waals surface area contributed by atoms with Gasteiger partial charge in [-0.05, 0) is 113 Å². The molecular weight excluding hydrogens is 466 g/mol. The highest BCUT2D eigenvalue weighted by molar-refractivity contribution is 7.15. The molecule has 2 aliphatic heterocycles. The van der Waals surface area contributed by atoms with Crippen LogP contribution in [-0.2, 0) is 6.54 Å². The second-order valence-corrected chi connectivity index (χ2v) is 11.3. The Labute approximate surface area is 218 Å². The number of ether oxygens (including phenoxy) is 1. The number of thiophene rings is 1. The highest BCUT2D eigenvalue weighted by Crippen LogP contribution is 2.31. The third-order valence-corrected chi connectivity index (χ3v) is 8.42. The minimum absolute atomic E-state index is 0.0646. The molecule has 0 spiro atoms. The summed E-state index contributed by atoms with van der Waals surface area (Å²) in [5, 5.41) is 6.57. The zero-order chi connectivity index (χ0) is 24.9. The number of hydrogen-bond donors (Lipinski definition) is 2. The Balaban J connectivity index is 1.24. The van der Waals surface area contributed by atoms with Crippen molar-refractivity contribution in [3.05, 3.63) is 76.2 Å². The summed E-state index contributed by atoms with van der Waals surface area (Å²) in [6.45, 7) is 9.47. The van der Waals surface area contributed by atoms with Crippen LogP contribution in [0, 0.1) is 6.92 Å². The summed E-state index contributed by atoms with van der Waals surface area (Å²) in [7, 11) is 0. The lowest BCUT2D eigenvalue weighted by Gasteiger charge is -2.24. The normalized spacial score (nSPS) is 17.7. The zero-order valence-corrected chi connectivity index (χ0v) is 22.2. The number of aryl methyl sites for hydroxylation is 1. The Bertz CT molecular complexity index is 1180. The average molecular weight is 504 g/mol. The predicted molar refractivity (Wildman–Crippen MR) is 148 cm³/mol. The molecule has 1 amide bonds. The van der Waals surface area contributed by atoms with Crippen LogP contribution in [0.2, 0.25) is 0 Å². The van der Waals surface area contributed by atoms with Crippen molar-refractivity contribution in [2.24, 2.45) is 0 Å². The molecule has 0 unspecified atom stereocenters. The lowest BCUT2D eigenvalue weighted by atomic mass is 10.0. The predicted octanol–water partition coefficient (Wildman–Crippen LogP) is 5.94. The monoisotopic (exact) mass is 503 g/mol. The Kier molecular flexibility index (Phi) is 8.05. The van der Waals surface area contributed by atoms with Gasteiger partial charge in [0, 0.05) is 21.9 Å². The van der Waals surface area contributed by atoms with E-state index in [2.05, 4.69) is 58.9 Å². The third-order valence-electron chi connectivity index (χ3n) is 7.30. The summed E-state index contributed by atoms with van der Waals surface area (Å²) in [5.41, 5.74) is 3.94. The van der Waals surface area contributed by atoms with E-state index in [1.165, 1.54) is 41.2 Å². The summed E-state index contributed by atoms with van der Waals surface area (Å²) in [4.78, 5) is 18.5. The molecule has 2 fully saturated rings. The molecule has 36 heavy (non-hydrogen) atoms. The summed E-state index contributed by atoms with van der Waals surface area (Å²) in [6.07, 6.45) is 4.83. The van der Waals surface area contributed by atoms with Crippen molar-refractivity contribution in [2.75, 3.05) is 26.2 Å². The van der Waals surface area contributed by atoms with E-state index in [1.54, 1.807) is 0 Å². The molecule has 2 aromatic carbocycles. The lowest BCUT2D eigenvalue weighted by molar-refractivity contribution is 0.0938. The number of carbonyl (C=O) groups excluding carboxylic acids is 1. The van der Waals surface area contributed by atoms with Crippen molar-refractivity contribution in [3.8, 4) is 16.2 Å². The van der Waals surface area contributed by atoms with Gasteiger partial charge >= 0.3 is 0 Å². The van der Waals surface area contributed by atoms with Crippen molar-refractivity contribution < 1.29 is 9.53 Å². The fourth-order valence-electron chi connectivity index (χ4n) is 5.12. The third kappa shape index (κ3) is 6.17. The van der Waals surface area contributed by atoms with Gasteiger partial charge in [-0.2, -0.15) is 0 Å². The number of rotatable bonds is 8. The SMILES string of the molecule is Cc1ccc(OC2CCNCC2)cc1C(=O)N[C@H](C)c1cccc(-c2ccc(CN3CCCC3)s2)c1. The number of amides is 1. The van der Waals surface area contributed by atoms with Gasteiger partial charge in [-0.15, -0.1) is 11.3 Å². The van der Waals surface area contributed by atoms with Crippen LogP contribution in [0.4, 0.5) is 0 Å². The average Bonchev–Trinajstić information content (AvgIpc) is 3.59. The van der Waals surface area contributed by atoms with E-state index in [4.69, 9.17) is 4.74 Å². The number of carbonyl (C=O) groups is 1. The van der Waals surface area contributed by atoms with E-state index >= 15 is 0 Å². The van der Waals surface area contributed by atoms with Gasteiger partial charge in [0.05, 0.1) is 6.04 Å². The molecule has 3 heterocycles. The maximum Gasteiger partial charge on any atom is 0.252 e. The largest absolute Gasteiger partial charge is 0.490 e. The van der Waals surface area contributed by atoms with Crippen LogP contribution in [0.5, 0.6) is 5.75 Å². The molecule has 1 aromatic heterocycles. The van der Waals surface area contributed by atoms with Crippen LogP contribution in [-0.4, -0.2) is 43.1 Å². The summed E-state index contributed by atoms with van der Waals surface area (Å²) in [5.74, 6) is 0.708. The molecule has 190 valence electrons. The van der Waals surface area contributed by atoms with Gasteiger partial charge < -0.3 is 15.4 Å². The Morgan fingerprint density at radius 1 is 1.11 bits per heavy atom. The van der Waals surface area contributed by atoms with Crippen LogP contribution in [0.25, 0.3) is 10.4 Å². The molecule has 5 nitrogen and oxygen atoms in total. The van der Waals surface area contributed by atoms with Crippen molar-refractivity contribution in [2.45, 2.75) is 58.2 Å². The van der Waals surface area contributed by atoms with Crippen molar-refractivity contribution in [1.82, 2.24) is 15.5 Å². The number of likely N-dealkylation sites (tertiary alicyclic amines) is 1. The molecule has 5 rings (SSSR count). The summed E-state index contributed by atoms with van der Waals surface area (Å²) < 4.78 is 6.18. The Hall–Kier alpha value is -2.67. The fraction of sp³-hybridized carbons (Fsp3) is 0.433. The van der Waals surface area contributed by atoms with E-state index in [-0.39, 0.29) is 18.1 Å². The molecule has 6 heteroatoms. The highest BCUT2D eigenvalue weighted by atomic mass is 32.1. The smallest absolute Gasteiger partial charge is 0.252 e. The van der Waals surface area contributed by atoms with Crippen LogP contribution >= 0.6 is 11.3 Å². The molecule has 2 N–H and O–H groups in total. The van der Waals surface area contributed by atoms with Gasteiger partial charge in [-0.1, -0.05) is 24.3 Å². The maximum absolute atomic E-state index is 13.2. The fourth-order valence-corrected chi connectivity index (χ4v) is 6.17. The standard InChI is InChI=1S/C30H37N3O2S/c1-21-8-9-26(35-25-12-14-31-15-13-25)19-28(21)30(34)32-22(2)23-6-5-7-24(18-23)29-11-10-27(36-29)20-33-16-3-4-17-33/h5-11,18-19,22,25,31H,3-4,12-17,20H2,1-2H3,(H,32,34)/t22-/m1/s1. The molecule has 0 aliphatic carbocycles. The number of hydrogen-bond acceptors (Lipinski definition) is 5. The van der Waals surface area contributed by atoms with Gasteiger partial charge in [0.25, 0.3) is 5.91 Å². The molecular formula is C30H37N3O2S. The Morgan fingerprint density at radius 2 is 1.92 bits per heavy atom. The minimum Gasteiger partial charge on any atom is -0.490 e. The van der Waals surface area contributed by atoms with E-state index in [1.807, 2.05) is 36.5 Å². The van der Waals surface area contributed by atoms with Crippen LogP contribution in [0.1, 0.15) is 65.0 Å². The van der Waals surface area contributed by atoms with Gasteiger partial charge in [0.1, 0.15) is 11.9 Å². The first-order valence-electron chi connectivity index (χ1n) is 13.3. The van der Waals surface area contributed by atoms with E-state index in [9.17, 15) is 4.79 Å². The molecule has 0 bridgehead atoms. The molecule has 3 aromatic rings. The molecule has 0 radical (unpaired) electrons. The van der Waals surface area contributed by atoms with Crippen molar-refractivity contribution in [3.63, 3.8) is 0 Å². The second-order valence-electron chi connectivity index (χ2n) is 10.1. The molecule has 2 aliphatic rings.